The van der Waals surface area contributed by atoms with Crippen LogP contribution in [0.4, 0.5) is 0 Å². The van der Waals surface area contributed by atoms with Gasteiger partial charge in [-0.3, -0.25) is 4.79 Å². The average Bonchev–Trinajstić information content (AvgIpc) is 3.41. The van der Waals surface area contributed by atoms with Crippen molar-refractivity contribution in [2.24, 2.45) is 0 Å². The summed E-state index contributed by atoms with van der Waals surface area (Å²) in [4.78, 5) is 12.8. The molecular formula is C23H24N2O6S. The Bertz CT molecular complexity index is 1220. The highest BCUT2D eigenvalue weighted by Crippen LogP contribution is 2.28. The molecule has 0 spiro atoms. The predicted octanol–water partition coefficient (Wildman–Crippen LogP) is 2.83. The number of aliphatic hydroxyl groups is 1. The SMILES string of the molecule is Cc1ccc(S(=O)(=O)N2CC(O)C[C@H]2C(=O)OCc2cc(-c3ccccc3)on2)cc1C. The second kappa shape index (κ2) is 8.85. The summed E-state index contributed by atoms with van der Waals surface area (Å²) in [5.41, 5.74) is 3.02. The second-order valence-electron chi connectivity index (χ2n) is 7.88. The van der Waals surface area contributed by atoms with E-state index < -0.39 is 28.1 Å². The molecule has 1 fully saturated rings. The maximum absolute atomic E-state index is 13.2. The third-order valence-electron chi connectivity index (χ3n) is 5.57. The zero-order chi connectivity index (χ0) is 22.9. The van der Waals surface area contributed by atoms with Crippen molar-refractivity contribution in [3.63, 3.8) is 0 Å². The Morgan fingerprint density at radius 2 is 1.91 bits per heavy atom. The molecular weight excluding hydrogens is 432 g/mol. The van der Waals surface area contributed by atoms with Crippen LogP contribution in [0.2, 0.25) is 0 Å². The molecule has 0 radical (unpaired) electrons. The molecule has 0 bridgehead atoms. The molecule has 2 aromatic carbocycles. The van der Waals surface area contributed by atoms with Crippen LogP contribution in [0.5, 0.6) is 0 Å². The summed E-state index contributed by atoms with van der Waals surface area (Å²) in [6, 6.07) is 14.7. The van der Waals surface area contributed by atoms with Gasteiger partial charge in [0, 0.05) is 24.6 Å². The number of aryl methyl sites for hydroxylation is 2. The highest BCUT2D eigenvalue weighted by atomic mass is 32.2. The topological polar surface area (TPSA) is 110 Å². The van der Waals surface area contributed by atoms with Gasteiger partial charge in [-0.05, 0) is 37.1 Å². The number of benzene rings is 2. The molecule has 1 saturated heterocycles. The van der Waals surface area contributed by atoms with Gasteiger partial charge in [0.05, 0.1) is 11.0 Å². The van der Waals surface area contributed by atoms with Crippen molar-refractivity contribution in [2.45, 2.75) is 43.9 Å². The summed E-state index contributed by atoms with van der Waals surface area (Å²) < 4.78 is 38.0. The van der Waals surface area contributed by atoms with Gasteiger partial charge in [0.25, 0.3) is 0 Å². The zero-order valence-electron chi connectivity index (χ0n) is 17.8. The molecule has 1 N–H and O–H groups in total. The Morgan fingerprint density at radius 3 is 2.62 bits per heavy atom. The molecule has 32 heavy (non-hydrogen) atoms. The number of hydrogen-bond acceptors (Lipinski definition) is 7. The van der Waals surface area contributed by atoms with E-state index in [0.717, 1.165) is 21.0 Å². The Balaban J connectivity index is 1.48. The maximum Gasteiger partial charge on any atom is 0.324 e. The molecule has 4 rings (SSSR count). The summed E-state index contributed by atoms with van der Waals surface area (Å²) in [6.45, 7) is 3.37. The second-order valence-corrected chi connectivity index (χ2v) is 9.77. The van der Waals surface area contributed by atoms with Crippen LogP contribution >= 0.6 is 0 Å². The van der Waals surface area contributed by atoms with Gasteiger partial charge in [-0.1, -0.05) is 41.6 Å². The van der Waals surface area contributed by atoms with Gasteiger partial charge in [0.2, 0.25) is 10.0 Å². The van der Waals surface area contributed by atoms with Crippen molar-refractivity contribution in [1.29, 1.82) is 0 Å². The Morgan fingerprint density at radius 1 is 1.16 bits per heavy atom. The molecule has 3 aromatic rings. The minimum atomic E-state index is -3.98. The van der Waals surface area contributed by atoms with E-state index >= 15 is 0 Å². The average molecular weight is 457 g/mol. The molecule has 1 aromatic heterocycles. The smallest absolute Gasteiger partial charge is 0.324 e. The van der Waals surface area contributed by atoms with E-state index in [4.69, 9.17) is 9.26 Å². The maximum atomic E-state index is 13.2. The highest BCUT2D eigenvalue weighted by Gasteiger charge is 2.44. The van der Waals surface area contributed by atoms with Gasteiger partial charge >= 0.3 is 5.97 Å². The Labute approximate surface area is 186 Å². The standard InChI is InChI=1S/C23H24N2O6S/c1-15-8-9-20(10-16(15)2)32(28,29)25-13-19(26)12-21(25)23(27)30-14-18-11-22(31-24-18)17-6-4-3-5-7-17/h3-11,19,21,26H,12-14H2,1-2H3/t19?,21-/m0/s1. The summed E-state index contributed by atoms with van der Waals surface area (Å²) in [5, 5.41) is 14.0. The van der Waals surface area contributed by atoms with Crippen LogP contribution in [-0.2, 0) is 26.2 Å². The van der Waals surface area contributed by atoms with E-state index in [1.807, 2.05) is 44.2 Å². The van der Waals surface area contributed by atoms with E-state index in [0.29, 0.717) is 11.5 Å². The van der Waals surface area contributed by atoms with Crippen molar-refractivity contribution in [2.75, 3.05) is 6.54 Å². The van der Waals surface area contributed by atoms with E-state index in [9.17, 15) is 18.3 Å². The van der Waals surface area contributed by atoms with E-state index in [1.165, 1.54) is 6.07 Å². The lowest BCUT2D eigenvalue weighted by atomic mass is 10.1. The molecule has 8 nitrogen and oxygen atoms in total. The lowest BCUT2D eigenvalue weighted by Gasteiger charge is -2.22. The number of carbonyl (C=O) groups is 1. The number of sulfonamides is 1. The molecule has 0 saturated carbocycles. The monoisotopic (exact) mass is 456 g/mol. The number of ether oxygens (including phenoxy) is 1. The fourth-order valence-electron chi connectivity index (χ4n) is 3.63. The fourth-order valence-corrected chi connectivity index (χ4v) is 5.35. The van der Waals surface area contributed by atoms with Crippen LogP contribution in [0.1, 0.15) is 23.2 Å². The minimum absolute atomic E-state index is 0.0308. The Hall–Kier alpha value is -3.01. The first kappa shape index (κ1) is 22.2. The summed E-state index contributed by atoms with van der Waals surface area (Å²) in [6.07, 6.45) is -0.984. The third kappa shape index (κ3) is 4.45. The van der Waals surface area contributed by atoms with Crippen molar-refractivity contribution < 1.29 is 27.6 Å². The van der Waals surface area contributed by atoms with Crippen LogP contribution < -0.4 is 0 Å². The normalized spacial score (nSPS) is 19.2. The number of nitrogens with zero attached hydrogens (tertiary/aromatic N) is 2. The van der Waals surface area contributed by atoms with E-state index in [-0.39, 0.29) is 24.5 Å². The van der Waals surface area contributed by atoms with Crippen molar-refractivity contribution in [1.82, 2.24) is 9.46 Å². The lowest BCUT2D eigenvalue weighted by Crippen LogP contribution is -2.41. The molecule has 168 valence electrons. The zero-order valence-corrected chi connectivity index (χ0v) is 18.6. The molecule has 9 heteroatoms. The number of esters is 1. The molecule has 1 unspecified atom stereocenters. The Kier molecular flexibility index (Phi) is 6.14. The number of rotatable bonds is 6. The number of aromatic nitrogens is 1. The van der Waals surface area contributed by atoms with Crippen LogP contribution in [-0.4, -0.2) is 47.6 Å². The number of hydrogen-bond donors (Lipinski definition) is 1. The van der Waals surface area contributed by atoms with E-state index in [1.54, 1.807) is 18.2 Å². The number of β-amino-alcohol motifs (C(OH)–C–C–N with tert-alkyl or cyclic N) is 1. The first-order valence-electron chi connectivity index (χ1n) is 10.2. The van der Waals surface area contributed by atoms with Crippen LogP contribution in [0.25, 0.3) is 11.3 Å². The molecule has 0 amide bonds. The minimum Gasteiger partial charge on any atom is -0.458 e. The van der Waals surface area contributed by atoms with Crippen LogP contribution in [0.3, 0.4) is 0 Å². The van der Waals surface area contributed by atoms with Gasteiger partial charge in [0.1, 0.15) is 18.3 Å². The first-order chi connectivity index (χ1) is 15.3. The summed E-state index contributed by atoms with van der Waals surface area (Å²) >= 11 is 0. The van der Waals surface area contributed by atoms with Crippen LogP contribution in [0, 0.1) is 13.8 Å². The third-order valence-corrected chi connectivity index (χ3v) is 7.44. The molecule has 0 aliphatic carbocycles. The molecule has 1 aliphatic rings. The van der Waals surface area contributed by atoms with Gasteiger partial charge in [-0.25, -0.2) is 8.42 Å². The molecule has 2 heterocycles. The van der Waals surface area contributed by atoms with E-state index in [2.05, 4.69) is 5.16 Å². The summed E-state index contributed by atoms with van der Waals surface area (Å²) in [7, 11) is -3.98. The van der Waals surface area contributed by atoms with Gasteiger partial charge in [0.15, 0.2) is 5.76 Å². The number of aliphatic hydroxyl groups excluding tert-OH is 1. The quantitative estimate of drug-likeness (QED) is 0.568. The van der Waals surface area contributed by atoms with Gasteiger partial charge < -0.3 is 14.4 Å². The largest absolute Gasteiger partial charge is 0.458 e. The predicted molar refractivity (Wildman–Crippen MR) is 116 cm³/mol. The molecule has 1 aliphatic heterocycles. The highest BCUT2D eigenvalue weighted by molar-refractivity contribution is 7.89. The number of carbonyl (C=O) groups excluding carboxylic acids is 1. The molecule has 2 atom stereocenters. The lowest BCUT2D eigenvalue weighted by molar-refractivity contribution is -0.149. The van der Waals surface area contributed by atoms with Crippen LogP contribution in [0.15, 0.2) is 64.0 Å². The van der Waals surface area contributed by atoms with Crippen molar-refractivity contribution in [3.8, 4) is 11.3 Å². The van der Waals surface area contributed by atoms with Gasteiger partial charge in [-0.2, -0.15) is 4.31 Å². The first-order valence-corrected chi connectivity index (χ1v) is 11.6. The van der Waals surface area contributed by atoms with Gasteiger partial charge in [-0.15, -0.1) is 0 Å². The van der Waals surface area contributed by atoms with Crippen molar-refractivity contribution >= 4 is 16.0 Å². The summed E-state index contributed by atoms with van der Waals surface area (Å²) in [5.74, 6) is -0.204. The fraction of sp³-hybridized carbons (Fsp3) is 0.304. The van der Waals surface area contributed by atoms with Crippen molar-refractivity contribution in [3.05, 3.63) is 71.4 Å².